The molecule has 0 aromatic carbocycles. The first kappa shape index (κ1) is 18.6. The molecule has 3 aliphatic rings. The third-order valence-corrected chi connectivity index (χ3v) is 6.71. The molecule has 2 aliphatic heterocycles. The number of hydrogen-bond donors (Lipinski definition) is 2. The minimum Gasteiger partial charge on any atom is -0.368 e. The van der Waals surface area contributed by atoms with E-state index in [1.165, 1.54) is 24.1 Å². The first-order valence-electron chi connectivity index (χ1n) is 10.9. The molecule has 1 aliphatic carbocycles. The van der Waals surface area contributed by atoms with Crippen LogP contribution in [0.5, 0.6) is 0 Å². The average Bonchev–Trinajstić information content (AvgIpc) is 3.18. The Hall–Kier alpha value is -3.20. The second kappa shape index (κ2) is 6.65. The number of rotatable bonds is 2. The number of carbonyl (C=O) groups is 1. The molecule has 0 radical (unpaired) electrons. The zero-order valence-corrected chi connectivity index (χ0v) is 17.9. The summed E-state index contributed by atoms with van der Waals surface area (Å²) >= 11 is 0. The van der Waals surface area contributed by atoms with Crippen molar-refractivity contribution in [3.05, 3.63) is 35.8 Å². The number of urea groups is 1. The Bertz CT molecular complexity index is 1200. The molecule has 2 fully saturated rings. The molecule has 5 heterocycles. The summed E-state index contributed by atoms with van der Waals surface area (Å²) in [6.45, 7) is 5.54. The maximum atomic E-state index is 13.2. The highest BCUT2D eigenvalue weighted by atomic mass is 16.2. The Morgan fingerprint density at radius 3 is 3.00 bits per heavy atom. The number of pyridine rings is 2. The van der Waals surface area contributed by atoms with Gasteiger partial charge in [0.25, 0.3) is 0 Å². The van der Waals surface area contributed by atoms with E-state index in [0.717, 1.165) is 43.0 Å². The van der Waals surface area contributed by atoms with Crippen LogP contribution in [0, 0.1) is 6.92 Å². The van der Waals surface area contributed by atoms with Crippen molar-refractivity contribution in [3.8, 4) is 0 Å². The smallest absolute Gasteiger partial charge is 0.327 e. The standard InChI is InChI=1S/C22H26N8O/c1-14-17(11-15-12-28(2)27-19(15)25-14)26-21(31)30-9-4-16-18(3-7-23-20(16)30)29-10-8-24-22(13-29)5-6-22/h3,7,11-12,24H,4-6,8-10,13H2,1-2H3,(H,26,31). The van der Waals surface area contributed by atoms with Crippen LogP contribution in [0.15, 0.2) is 24.5 Å². The number of anilines is 3. The van der Waals surface area contributed by atoms with Crippen LogP contribution in [-0.4, -0.2) is 57.5 Å². The minimum atomic E-state index is -0.171. The lowest BCUT2D eigenvalue weighted by molar-refractivity contribution is 0.257. The summed E-state index contributed by atoms with van der Waals surface area (Å²) in [5.41, 5.74) is 4.83. The van der Waals surface area contributed by atoms with Gasteiger partial charge in [-0.15, -0.1) is 0 Å². The third-order valence-electron chi connectivity index (χ3n) is 6.71. The van der Waals surface area contributed by atoms with Crippen molar-refractivity contribution in [2.24, 2.45) is 7.05 Å². The largest absolute Gasteiger partial charge is 0.368 e. The molecule has 160 valence electrons. The van der Waals surface area contributed by atoms with Gasteiger partial charge in [-0.2, -0.15) is 5.10 Å². The molecule has 2 amide bonds. The van der Waals surface area contributed by atoms with Crippen LogP contribution < -0.4 is 20.4 Å². The Kier molecular flexibility index (Phi) is 3.98. The van der Waals surface area contributed by atoms with Crippen LogP contribution in [0.2, 0.25) is 0 Å². The fourth-order valence-electron chi connectivity index (χ4n) is 4.89. The number of nitrogens with zero attached hydrogens (tertiary/aromatic N) is 6. The number of aryl methyl sites for hydroxylation is 2. The second-order valence-corrected chi connectivity index (χ2v) is 8.93. The van der Waals surface area contributed by atoms with Gasteiger partial charge in [0.15, 0.2) is 5.65 Å². The van der Waals surface area contributed by atoms with Crippen molar-refractivity contribution in [2.75, 3.05) is 41.3 Å². The van der Waals surface area contributed by atoms with Gasteiger partial charge in [-0.3, -0.25) is 9.58 Å². The SMILES string of the molecule is Cc1nc2nn(C)cc2cc1NC(=O)N1CCc2c(N3CCNC4(CC4)C3)ccnc21. The molecule has 0 bridgehead atoms. The zero-order chi connectivity index (χ0) is 21.2. The molecule has 2 N–H and O–H groups in total. The highest BCUT2D eigenvalue weighted by Gasteiger charge is 2.46. The van der Waals surface area contributed by atoms with Gasteiger partial charge in [-0.25, -0.2) is 14.8 Å². The molecule has 1 saturated heterocycles. The molecule has 1 spiro atoms. The summed E-state index contributed by atoms with van der Waals surface area (Å²) in [4.78, 5) is 26.5. The Morgan fingerprint density at radius 1 is 1.29 bits per heavy atom. The Morgan fingerprint density at radius 2 is 2.16 bits per heavy atom. The Balaban J connectivity index is 1.26. The van der Waals surface area contributed by atoms with Crippen molar-refractivity contribution >= 4 is 34.3 Å². The molecular weight excluding hydrogens is 392 g/mol. The van der Waals surface area contributed by atoms with Gasteiger partial charge >= 0.3 is 6.03 Å². The summed E-state index contributed by atoms with van der Waals surface area (Å²) in [5.74, 6) is 0.770. The molecule has 31 heavy (non-hydrogen) atoms. The number of amides is 2. The first-order chi connectivity index (χ1) is 15.0. The molecule has 1 saturated carbocycles. The lowest BCUT2D eigenvalue weighted by atomic mass is 10.1. The van der Waals surface area contributed by atoms with Crippen LogP contribution in [-0.2, 0) is 13.5 Å². The number of nitrogens with one attached hydrogen (secondary N) is 2. The summed E-state index contributed by atoms with van der Waals surface area (Å²) < 4.78 is 1.73. The van der Waals surface area contributed by atoms with Gasteiger partial charge in [-0.05, 0) is 38.3 Å². The molecule has 9 heteroatoms. The van der Waals surface area contributed by atoms with E-state index in [4.69, 9.17) is 0 Å². The van der Waals surface area contributed by atoms with E-state index >= 15 is 0 Å². The lowest BCUT2D eigenvalue weighted by Crippen LogP contribution is -2.52. The maximum absolute atomic E-state index is 13.2. The summed E-state index contributed by atoms with van der Waals surface area (Å²) in [6, 6.07) is 3.86. The van der Waals surface area contributed by atoms with Crippen LogP contribution >= 0.6 is 0 Å². The molecule has 0 unspecified atom stereocenters. The fourth-order valence-corrected chi connectivity index (χ4v) is 4.89. The van der Waals surface area contributed by atoms with Crippen LogP contribution in [0.25, 0.3) is 11.0 Å². The van der Waals surface area contributed by atoms with E-state index in [0.29, 0.717) is 23.4 Å². The highest BCUT2D eigenvalue weighted by Crippen LogP contribution is 2.41. The number of hydrogen-bond acceptors (Lipinski definition) is 6. The fraction of sp³-hybridized carbons (Fsp3) is 0.455. The molecule has 6 rings (SSSR count). The van der Waals surface area contributed by atoms with Crippen molar-refractivity contribution in [1.82, 2.24) is 25.1 Å². The lowest BCUT2D eigenvalue weighted by Gasteiger charge is -2.36. The molecule has 9 nitrogen and oxygen atoms in total. The van der Waals surface area contributed by atoms with Gasteiger partial charge in [-0.1, -0.05) is 0 Å². The number of aromatic nitrogens is 4. The van der Waals surface area contributed by atoms with Crippen molar-refractivity contribution in [2.45, 2.75) is 31.7 Å². The zero-order valence-electron chi connectivity index (χ0n) is 17.9. The van der Waals surface area contributed by atoms with Crippen molar-refractivity contribution in [1.29, 1.82) is 0 Å². The van der Waals surface area contributed by atoms with E-state index in [2.05, 4.69) is 36.7 Å². The molecule has 3 aromatic rings. The maximum Gasteiger partial charge on any atom is 0.327 e. The monoisotopic (exact) mass is 418 g/mol. The highest BCUT2D eigenvalue weighted by molar-refractivity contribution is 6.04. The summed E-state index contributed by atoms with van der Waals surface area (Å²) in [7, 11) is 1.86. The van der Waals surface area contributed by atoms with E-state index in [1.54, 1.807) is 9.58 Å². The van der Waals surface area contributed by atoms with Gasteiger partial charge in [0.2, 0.25) is 0 Å². The van der Waals surface area contributed by atoms with Gasteiger partial charge in [0.05, 0.1) is 11.4 Å². The predicted octanol–water partition coefficient (Wildman–Crippen LogP) is 2.21. The minimum absolute atomic E-state index is 0.171. The first-order valence-corrected chi connectivity index (χ1v) is 10.9. The van der Waals surface area contributed by atoms with Gasteiger partial charge in [0, 0.05) is 67.8 Å². The van der Waals surface area contributed by atoms with Crippen LogP contribution in [0.4, 0.5) is 22.0 Å². The van der Waals surface area contributed by atoms with Crippen molar-refractivity contribution < 1.29 is 4.79 Å². The van der Waals surface area contributed by atoms with Gasteiger partial charge in [0.1, 0.15) is 5.82 Å². The molecule has 3 aromatic heterocycles. The Labute approximate surface area is 180 Å². The van der Waals surface area contributed by atoms with Gasteiger partial charge < -0.3 is 15.5 Å². The average molecular weight is 419 g/mol. The van der Waals surface area contributed by atoms with E-state index in [-0.39, 0.29) is 6.03 Å². The number of carbonyl (C=O) groups excluding carboxylic acids is 1. The quantitative estimate of drug-likeness (QED) is 0.663. The van der Waals surface area contributed by atoms with Crippen molar-refractivity contribution in [3.63, 3.8) is 0 Å². The van der Waals surface area contributed by atoms with E-state index in [9.17, 15) is 4.79 Å². The topological polar surface area (TPSA) is 91.2 Å². The summed E-state index contributed by atoms with van der Waals surface area (Å²) in [6.07, 6.45) is 7.05. The van der Waals surface area contributed by atoms with Crippen LogP contribution in [0.1, 0.15) is 24.1 Å². The normalized spacial score (nSPS) is 19.2. The number of fused-ring (bicyclic) bond motifs is 2. The molecular formula is C22H26N8O. The third kappa shape index (κ3) is 3.11. The van der Waals surface area contributed by atoms with E-state index < -0.39 is 0 Å². The summed E-state index contributed by atoms with van der Waals surface area (Å²) in [5, 5.41) is 11.9. The number of piperazine rings is 1. The molecule has 0 atom stereocenters. The predicted molar refractivity (Wildman–Crippen MR) is 120 cm³/mol. The van der Waals surface area contributed by atoms with E-state index in [1.807, 2.05) is 32.4 Å². The van der Waals surface area contributed by atoms with Crippen LogP contribution in [0.3, 0.4) is 0 Å². The second-order valence-electron chi connectivity index (χ2n) is 8.93.